The lowest BCUT2D eigenvalue weighted by molar-refractivity contribution is 0.466. The zero-order chi connectivity index (χ0) is 14.8. The van der Waals surface area contributed by atoms with E-state index in [2.05, 4.69) is 0 Å². The molecular formula is C13H15FN2O2S2. The Morgan fingerprint density at radius 3 is 2.75 bits per heavy atom. The van der Waals surface area contributed by atoms with Crippen molar-refractivity contribution in [3.63, 3.8) is 0 Å². The quantitative estimate of drug-likeness (QED) is 0.862. The average molecular weight is 314 g/mol. The number of hydrogen-bond donors (Lipinski definition) is 1. The van der Waals surface area contributed by atoms with Gasteiger partial charge in [0.05, 0.1) is 0 Å². The summed E-state index contributed by atoms with van der Waals surface area (Å²) in [6, 6.07) is 7.39. The number of hydrogen-bond acceptors (Lipinski definition) is 4. The second kappa shape index (κ2) is 5.90. The molecule has 0 aliphatic heterocycles. The average Bonchev–Trinajstić information content (AvgIpc) is 2.91. The lowest BCUT2D eigenvalue weighted by atomic mass is 10.3. The Morgan fingerprint density at radius 2 is 2.10 bits per heavy atom. The summed E-state index contributed by atoms with van der Waals surface area (Å²) in [5, 5.41) is 1.93. The molecule has 2 N–H and O–H groups in total. The summed E-state index contributed by atoms with van der Waals surface area (Å²) in [7, 11) is -2.43. The van der Waals surface area contributed by atoms with E-state index in [0.29, 0.717) is 6.42 Å². The first-order valence-corrected chi connectivity index (χ1v) is 8.27. The predicted molar refractivity (Wildman–Crippen MR) is 78.7 cm³/mol. The van der Waals surface area contributed by atoms with E-state index >= 15 is 0 Å². The van der Waals surface area contributed by atoms with Crippen molar-refractivity contribution in [2.45, 2.75) is 11.3 Å². The van der Waals surface area contributed by atoms with E-state index in [4.69, 9.17) is 5.73 Å². The number of nitrogen functional groups attached to an aromatic ring is 1. The molecule has 0 saturated heterocycles. The minimum atomic E-state index is -3.86. The molecule has 0 aliphatic rings. The van der Waals surface area contributed by atoms with Gasteiger partial charge in [0, 0.05) is 24.2 Å². The molecule has 0 saturated carbocycles. The number of thiophene rings is 1. The zero-order valence-electron chi connectivity index (χ0n) is 10.9. The summed E-state index contributed by atoms with van der Waals surface area (Å²) in [6.45, 7) is 0.289. The van der Waals surface area contributed by atoms with Crippen LogP contribution in [0.2, 0.25) is 0 Å². The maximum absolute atomic E-state index is 13.7. The second-order valence-electron chi connectivity index (χ2n) is 4.35. The minimum Gasteiger partial charge on any atom is -0.399 e. The van der Waals surface area contributed by atoms with Crippen LogP contribution in [0.15, 0.2) is 40.6 Å². The molecule has 0 aliphatic carbocycles. The zero-order valence-corrected chi connectivity index (χ0v) is 12.5. The molecule has 1 aromatic heterocycles. The van der Waals surface area contributed by atoms with Gasteiger partial charge in [0.1, 0.15) is 10.7 Å². The molecule has 1 aromatic carbocycles. The molecule has 108 valence electrons. The second-order valence-corrected chi connectivity index (χ2v) is 7.39. The number of nitrogens with two attached hydrogens (primary N) is 1. The third-order valence-electron chi connectivity index (χ3n) is 2.90. The van der Waals surface area contributed by atoms with Crippen LogP contribution in [0.5, 0.6) is 0 Å². The van der Waals surface area contributed by atoms with Gasteiger partial charge in [-0.3, -0.25) is 0 Å². The predicted octanol–water partition coefficient (Wildman–Crippen LogP) is 2.33. The van der Waals surface area contributed by atoms with Gasteiger partial charge in [-0.1, -0.05) is 6.07 Å². The molecular weight excluding hydrogens is 299 g/mol. The Labute approximate surface area is 121 Å². The first-order valence-electron chi connectivity index (χ1n) is 5.95. The number of anilines is 1. The number of likely N-dealkylation sites (N-methyl/N-ethyl adjacent to an activating group) is 1. The number of nitrogens with zero attached hydrogens (tertiary/aromatic N) is 1. The third-order valence-corrected chi connectivity index (χ3v) is 5.70. The van der Waals surface area contributed by atoms with Crippen molar-refractivity contribution in [3.05, 3.63) is 46.4 Å². The van der Waals surface area contributed by atoms with Crippen LogP contribution in [0, 0.1) is 5.82 Å². The highest BCUT2D eigenvalue weighted by molar-refractivity contribution is 7.89. The third kappa shape index (κ3) is 3.17. The number of sulfonamides is 1. The number of benzene rings is 1. The molecule has 0 fully saturated rings. The van der Waals surface area contributed by atoms with Crippen molar-refractivity contribution in [2.75, 3.05) is 19.3 Å². The highest BCUT2D eigenvalue weighted by atomic mass is 32.2. The topological polar surface area (TPSA) is 63.4 Å². The van der Waals surface area contributed by atoms with Crippen LogP contribution in [-0.2, 0) is 16.4 Å². The molecule has 2 rings (SSSR count). The van der Waals surface area contributed by atoms with Gasteiger partial charge >= 0.3 is 0 Å². The van der Waals surface area contributed by atoms with Gasteiger partial charge in [0.15, 0.2) is 0 Å². The Balaban J connectivity index is 2.18. The maximum atomic E-state index is 13.7. The smallest absolute Gasteiger partial charge is 0.245 e. The Bertz CT molecular complexity index is 684. The summed E-state index contributed by atoms with van der Waals surface area (Å²) in [4.78, 5) is 0.700. The fraction of sp³-hybridized carbons (Fsp3) is 0.231. The fourth-order valence-corrected chi connectivity index (χ4v) is 3.69. The largest absolute Gasteiger partial charge is 0.399 e. The summed E-state index contributed by atoms with van der Waals surface area (Å²) in [5.41, 5.74) is 5.75. The minimum absolute atomic E-state index is 0.219. The van der Waals surface area contributed by atoms with Gasteiger partial charge in [0.2, 0.25) is 10.0 Å². The highest BCUT2D eigenvalue weighted by Crippen LogP contribution is 2.21. The number of rotatable bonds is 5. The molecule has 4 nitrogen and oxygen atoms in total. The van der Waals surface area contributed by atoms with Crippen LogP contribution in [0.4, 0.5) is 10.1 Å². The van der Waals surface area contributed by atoms with E-state index in [0.717, 1.165) is 21.3 Å². The van der Waals surface area contributed by atoms with E-state index in [1.165, 1.54) is 13.1 Å². The highest BCUT2D eigenvalue weighted by Gasteiger charge is 2.24. The fourth-order valence-electron chi connectivity index (χ4n) is 1.73. The monoisotopic (exact) mass is 314 g/mol. The first kappa shape index (κ1) is 15.0. The van der Waals surface area contributed by atoms with Crippen molar-refractivity contribution in [2.24, 2.45) is 0 Å². The SMILES string of the molecule is CN(CCc1cccs1)S(=O)(=O)c1cc(N)ccc1F. The van der Waals surface area contributed by atoms with Crippen molar-refractivity contribution in [1.29, 1.82) is 0 Å². The van der Waals surface area contributed by atoms with Crippen molar-refractivity contribution < 1.29 is 12.8 Å². The van der Waals surface area contributed by atoms with Crippen LogP contribution < -0.4 is 5.73 Å². The summed E-state index contributed by atoms with van der Waals surface area (Å²) < 4.78 is 39.4. The van der Waals surface area contributed by atoms with Crippen molar-refractivity contribution in [1.82, 2.24) is 4.31 Å². The molecule has 0 radical (unpaired) electrons. The van der Waals surface area contributed by atoms with Crippen LogP contribution >= 0.6 is 11.3 Å². The van der Waals surface area contributed by atoms with Gasteiger partial charge in [-0.15, -0.1) is 11.3 Å². The summed E-state index contributed by atoms with van der Waals surface area (Å²) >= 11 is 1.56. The molecule has 0 amide bonds. The molecule has 0 atom stereocenters. The molecule has 1 heterocycles. The Morgan fingerprint density at radius 1 is 1.35 bits per heavy atom. The van der Waals surface area contributed by atoms with Gasteiger partial charge in [-0.25, -0.2) is 17.1 Å². The van der Waals surface area contributed by atoms with Crippen LogP contribution in [0.3, 0.4) is 0 Å². The first-order chi connectivity index (χ1) is 9.41. The normalized spacial score (nSPS) is 11.9. The Kier molecular flexibility index (Phi) is 4.42. The van der Waals surface area contributed by atoms with E-state index in [1.807, 2.05) is 17.5 Å². The van der Waals surface area contributed by atoms with Gasteiger partial charge < -0.3 is 5.73 Å². The number of halogens is 1. The van der Waals surface area contributed by atoms with Gasteiger partial charge in [-0.2, -0.15) is 0 Å². The van der Waals surface area contributed by atoms with Crippen LogP contribution in [0.1, 0.15) is 4.88 Å². The van der Waals surface area contributed by atoms with E-state index in [-0.39, 0.29) is 17.1 Å². The van der Waals surface area contributed by atoms with Crippen LogP contribution in [-0.4, -0.2) is 26.3 Å². The van der Waals surface area contributed by atoms with E-state index in [1.54, 1.807) is 11.3 Å². The summed E-state index contributed by atoms with van der Waals surface area (Å²) in [6.07, 6.45) is 0.595. The maximum Gasteiger partial charge on any atom is 0.245 e. The van der Waals surface area contributed by atoms with Crippen LogP contribution in [0.25, 0.3) is 0 Å². The molecule has 0 unspecified atom stereocenters. The van der Waals surface area contributed by atoms with Gasteiger partial charge in [0.25, 0.3) is 0 Å². The molecule has 20 heavy (non-hydrogen) atoms. The van der Waals surface area contributed by atoms with Crippen molar-refractivity contribution >= 4 is 27.0 Å². The van der Waals surface area contributed by atoms with E-state index < -0.39 is 15.8 Å². The lowest BCUT2D eigenvalue weighted by Crippen LogP contribution is -2.29. The molecule has 2 aromatic rings. The summed E-state index contributed by atoms with van der Waals surface area (Å²) in [5.74, 6) is -0.790. The van der Waals surface area contributed by atoms with Gasteiger partial charge in [-0.05, 0) is 36.1 Å². The lowest BCUT2D eigenvalue weighted by Gasteiger charge is -2.17. The Hall–Kier alpha value is -1.44. The molecule has 0 bridgehead atoms. The van der Waals surface area contributed by atoms with E-state index in [9.17, 15) is 12.8 Å². The molecule has 7 heteroatoms. The standard InChI is InChI=1S/C13H15FN2O2S2/c1-16(7-6-11-3-2-8-19-11)20(17,18)13-9-10(15)4-5-12(13)14/h2-5,8-9H,6-7,15H2,1H3. The van der Waals surface area contributed by atoms with Crippen molar-refractivity contribution in [3.8, 4) is 0 Å². The molecule has 0 spiro atoms.